The maximum absolute atomic E-state index is 11.8. The first-order valence-corrected chi connectivity index (χ1v) is 12.6. The maximum atomic E-state index is 11.8. The van der Waals surface area contributed by atoms with Gasteiger partial charge >= 0.3 is 0 Å². The highest BCUT2D eigenvalue weighted by Gasteiger charge is 2.41. The third-order valence-corrected chi connectivity index (χ3v) is 7.11. The minimum atomic E-state index is -1.01. The lowest BCUT2D eigenvalue weighted by Crippen LogP contribution is -2.54. The topological polar surface area (TPSA) is 90.7 Å². The molecule has 0 bridgehead atoms. The number of nitrogen functional groups attached to an aromatic ring is 1. The quantitative estimate of drug-likeness (QED) is 0.231. The van der Waals surface area contributed by atoms with Crippen LogP contribution in [0.3, 0.4) is 0 Å². The number of benzene rings is 4. The lowest BCUT2D eigenvalue weighted by molar-refractivity contribution is 0.0492. The number of anilines is 1. The molecule has 5 heteroatoms. The molecular formula is C32H36N2O3. The van der Waals surface area contributed by atoms with Crippen LogP contribution < -0.4 is 20.9 Å². The molecule has 5 N–H and O–H groups in total. The summed E-state index contributed by atoms with van der Waals surface area (Å²) in [7, 11) is 1.65. The summed E-state index contributed by atoms with van der Waals surface area (Å²) in [4.78, 5) is 0. The third-order valence-electron chi connectivity index (χ3n) is 7.11. The van der Waals surface area contributed by atoms with Crippen molar-refractivity contribution in [3.63, 3.8) is 0 Å². The molecular weight excluding hydrogens is 460 g/mol. The van der Waals surface area contributed by atoms with Crippen LogP contribution in [-0.4, -0.2) is 17.8 Å². The van der Waals surface area contributed by atoms with E-state index >= 15 is 0 Å². The van der Waals surface area contributed by atoms with E-state index in [2.05, 4.69) is 6.92 Å². The van der Waals surface area contributed by atoms with Gasteiger partial charge in [0.15, 0.2) is 0 Å². The van der Waals surface area contributed by atoms with E-state index in [4.69, 9.17) is 20.9 Å². The van der Waals surface area contributed by atoms with Gasteiger partial charge in [-0.3, -0.25) is 0 Å². The molecule has 5 nitrogen and oxygen atoms in total. The van der Waals surface area contributed by atoms with Gasteiger partial charge in [0.2, 0.25) is 0 Å². The molecule has 0 amide bonds. The first kappa shape index (κ1) is 26.3. The number of hydrogen-bond acceptors (Lipinski definition) is 5. The average Bonchev–Trinajstić information content (AvgIpc) is 2.93. The van der Waals surface area contributed by atoms with Crippen molar-refractivity contribution in [1.29, 1.82) is 0 Å². The summed E-state index contributed by atoms with van der Waals surface area (Å²) in [5.74, 6) is 1.26. The smallest absolute Gasteiger partial charge is 0.143 e. The van der Waals surface area contributed by atoms with Gasteiger partial charge in [-0.2, -0.15) is 0 Å². The fraction of sp³-hybridized carbons (Fsp3) is 0.250. The number of aliphatic hydroxyl groups excluding tert-OH is 1. The molecule has 3 unspecified atom stereocenters. The summed E-state index contributed by atoms with van der Waals surface area (Å²) in [5.41, 5.74) is 16.9. The molecule has 0 aliphatic carbocycles. The molecule has 0 saturated carbocycles. The largest absolute Gasteiger partial charge is 0.497 e. The lowest BCUT2D eigenvalue weighted by atomic mass is 9.72. The molecule has 4 aromatic carbocycles. The van der Waals surface area contributed by atoms with Crippen LogP contribution in [0.25, 0.3) is 0 Å². The molecule has 4 aromatic rings. The van der Waals surface area contributed by atoms with Gasteiger partial charge in [0.1, 0.15) is 18.1 Å². The van der Waals surface area contributed by atoms with Crippen molar-refractivity contribution in [3.05, 3.63) is 125 Å². The molecule has 192 valence electrons. The number of hydrogen-bond donors (Lipinski definition) is 3. The van der Waals surface area contributed by atoms with E-state index in [1.807, 2.05) is 103 Å². The Labute approximate surface area is 219 Å². The summed E-state index contributed by atoms with van der Waals surface area (Å²) in [5, 5.41) is 11.8. The second-order valence-electron chi connectivity index (χ2n) is 9.66. The number of para-hydroxylation sites is 1. The highest BCUT2D eigenvalue weighted by molar-refractivity contribution is 5.60. The van der Waals surface area contributed by atoms with Crippen molar-refractivity contribution < 1.29 is 14.6 Å². The fourth-order valence-corrected chi connectivity index (χ4v) is 4.75. The first-order chi connectivity index (χ1) is 17.9. The monoisotopic (exact) mass is 496 g/mol. The highest BCUT2D eigenvalue weighted by Crippen LogP contribution is 2.40. The predicted molar refractivity (Wildman–Crippen MR) is 150 cm³/mol. The van der Waals surface area contributed by atoms with Crippen LogP contribution in [0.5, 0.6) is 11.5 Å². The summed E-state index contributed by atoms with van der Waals surface area (Å²) in [6.07, 6.45) is 0.163. The summed E-state index contributed by atoms with van der Waals surface area (Å²) in [6.45, 7) is 2.47. The van der Waals surface area contributed by atoms with E-state index in [1.54, 1.807) is 7.11 Å². The van der Waals surface area contributed by atoms with E-state index < -0.39 is 11.6 Å². The highest BCUT2D eigenvalue weighted by atomic mass is 16.5. The zero-order valence-corrected chi connectivity index (χ0v) is 21.5. The molecule has 0 radical (unpaired) electrons. The van der Waals surface area contributed by atoms with Crippen molar-refractivity contribution >= 4 is 5.69 Å². The third kappa shape index (κ3) is 6.31. The van der Waals surface area contributed by atoms with Crippen molar-refractivity contribution in [2.24, 2.45) is 11.7 Å². The molecule has 0 aliphatic rings. The Morgan fingerprint density at radius 3 is 2.03 bits per heavy atom. The first-order valence-electron chi connectivity index (χ1n) is 12.6. The molecule has 0 fully saturated rings. The number of methoxy groups -OCH3 is 1. The second-order valence-corrected chi connectivity index (χ2v) is 9.66. The Kier molecular flexibility index (Phi) is 8.49. The van der Waals surface area contributed by atoms with Crippen LogP contribution in [0.4, 0.5) is 5.69 Å². The van der Waals surface area contributed by atoms with E-state index in [9.17, 15) is 5.11 Å². The van der Waals surface area contributed by atoms with Crippen LogP contribution in [0.2, 0.25) is 0 Å². The molecule has 0 spiro atoms. The number of rotatable bonds is 11. The van der Waals surface area contributed by atoms with Crippen molar-refractivity contribution in [3.8, 4) is 11.5 Å². The maximum Gasteiger partial charge on any atom is 0.143 e. The minimum Gasteiger partial charge on any atom is -0.497 e. The van der Waals surface area contributed by atoms with Crippen LogP contribution in [0.1, 0.15) is 35.3 Å². The Hall–Kier alpha value is -3.80. The summed E-state index contributed by atoms with van der Waals surface area (Å²) >= 11 is 0. The van der Waals surface area contributed by atoms with Gasteiger partial charge in [0.05, 0.1) is 24.4 Å². The number of nitrogens with two attached hydrogens (primary N) is 2. The number of aliphatic hydroxyl groups is 1. The summed E-state index contributed by atoms with van der Waals surface area (Å²) < 4.78 is 11.3. The van der Waals surface area contributed by atoms with Crippen LogP contribution in [-0.2, 0) is 19.4 Å². The Morgan fingerprint density at radius 1 is 0.784 bits per heavy atom. The van der Waals surface area contributed by atoms with Gasteiger partial charge in [-0.25, -0.2) is 0 Å². The molecule has 0 saturated heterocycles. The molecule has 4 rings (SSSR count). The molecule has 0 aliphatic heterocycles. The van der Waals surface area contributed by atoms with Gasteiger partial charge in [-0.1, -0.05) is 91.9 Å². The van der Waals surface area contributed by atoms with E-state index in [1.165, 1.54) is 0 Å². The van der Waals surface area contributed by atoms with Crippen molar-refractivity contribution in [1.82, 2.24) is 0 Å². The minimum absolute atomic E-state index is 0.0793. The Balaban J connectivity index is 1.63. The normalized spacial score (nSPS) is 14.4. The van der Waals surface area contributed by atoms with Crippen molar-refractivity contribution in [2.75, 3.05) is 12.8 Å². The summed E-state index contributed by atoms with van der Waals surface area (Å²) in [6, 6.07) is 33.4. The zero-order valence-electron chi connectivity index (χ0n) is 21.5. The zero-order chi connectivity index (χ0) is 26.3. The van der Waals surface area contributed by atoms with Gasteiger partial charge in [-0.05, 0) is 53.6 Å². The Morgan fingerprint density at radius 2 is 1.41 bits per heavy atom. The molecule has 37 heavy (non-hydrogen) atoms. The van der Waals surface area contributed by atoms with Crippen molar-refractivity contribution in [2.45, 2.75) is 38.0 Å². The second kappa shape index (κ2) is 12.0. The van der Waals surface area contributed by atoms with Gasteiger partial charge in [0.25, 0.3) is 0 Å². The van der Waals surface area contributed by atoms with Crippen LogP contribution in [0.15, 0.2) is 103 Å². The van der Waals surface area contributed by atoms with E-state index in [-0.39, 0.29) is 5.92 Å². The molecule has 0 heterocycles. The molecule has 0 aromatic heterocycles. The SMILES string of the molecule is COc1ccc(CC(C)C(N)(Cc2ccccc2)C(O)c2cccc(OCc3ccccc3)c2N)cc1. The molecule has 3 atom stereocenters. The van der Waals surface area contributed by atoms with Gasteiger partial charge in [0, 0.05) is 5.56 Å². The van der Waals surface area contributed by atoms with Crippen LogP contribution in [0, 0.1) is 5.92 Å². The lowest BCUT2D eigenvalue weighted by Gasteiger charge is -2.41. The van der Waals surface area contributed by atoms with E-state index in [0.717, 1.165) is 22.4 Å². The average molecular weight is 497 g/mol. The van der Waals surface area contributed by atoms with Gasteiger partial charge < -0.3 is 26.0 Å². The predicted octanol–water partition coefficient (Wildman–Crippen LogP) is 5.71. The Bertz CT molecular complexity index is 1260. The van der Waals surface area contributed by atoms with Gasteiger partial charge in [-0.15, -0.1) is 0 Å². The van der Waals surface area contributed by atoms with E-state index in [0.29, 0.717) is 36.4 Å². The van der Waals surface area contributed by atoms with Crippen LogP contribution >= 0.6 is 0 Å². The number of ether oxygens (including phenoxy) is 2. The fourth-order valence-electron chi connectivity index (χ4n) is 4.75. The standard InChI is InChI=1S/C32H36N2O3/c1-23(20-24-16-18-27(36-2)19-17-24)32(34,21-25-10-5-3-6-11-25)31(35)28-14-9-15-29(30(28)33)37-22-26-12-7-4-8-13-26/h3-19,23,31,35H,20-22,33-34H2,1-2H3.